The fraction of sp³-hybridized carbons (Fsp3) is 0.273. The van der Waals surface area contributed by atoms with Crippen molar-refractivity contribution in [2.45, 2.75) is 6.29 Å². The van der Waals surface area contributed by atoms with Crippen LogP contribution in [0.4, 0.5) is 0 Å². The van der Waals surface area contributed by atoms with Crippen LogP contribution in [0.1, 0.15) is 12.1 Å². The molecule has 0 aliphatic rings. The third kappa shape index (κ3) is 1.52. The maximum atomic E-state index is 5.56. The molecule has 0 atom stereocenters. The lowest BCUT2D eigenvalue weighted by atomic mass is 10.2. The highest BCUT2D eigenvalue weighted by Gasteiger charge is 2.13. The third-order valence-corrected chi connectivity index (χ3v) is 2.11. The monoisotopic (exact) mass is 192 g/mol. The van der Waals surface area contributed by atoms with Crippen LogP contribution < -0.4 is 0 Å². The number of furan rings is 1. The zero-order chi connectivity index (χ0) is 9.97. The number of benzene rings is 1. The molecular weight excluding hydrogens is 180 g/mol. The molecule has 0 fully saturated rings. The summed E-state index contributed by atoms with van der Waals surface area (Å²) < 4.78 is 15.8. The first-order valence-electron chi connectivity index (χ1n) is 4.39. The van der Waals surface area contributed by atoms with Gasteiger partial charge in [-0.25, -0.2) is 0 Å². The van der Waals surface area contributed by atoms with E-state index >= 15 is 0 Å². The molecule has 0 bridgehead atoms. The first-order valence-corrected chi connectivity index (χ1v) is 4.39. The van der Waals surface area contributed by atoms with E-state index in [0.29, 0.717) is 5.76 Å². The van der Waals surface area contributed by atoms with Gasteiger partial charge in [-0.05, 0) is 12.1 Å². The Hall–Kier alpha value is -1.32. The van der Waals surface area contributed by atoms with Gasteiger partial charge in [0.1, 0.15) is 5.58 Å². The molecule has 0 spiro atoms. The second kappa shape index (κ2) is 3.82. The molecule has 0 amide bonds. The van der Waals surface area contributed by atoms with Gasteiger partial charge in [-0.2, -0.15) is 0 Å². The Morgan fingerprint density at radius 1 is 1.14 bits per heavy atom. The Balaban J connectivity index is 2.43. The van der Waals surface area contributed by atoms with Crippen molar-refractivity contribution in [1.82, 2.24) is 0 Å². The second-order valence-electron chi connectivity index (χ2n) is 2.99. The minimum Gasteiger partial charge on any atom is -0.456 e. The van der Waals surface area contributed by atoms with Crippen molar-refractivity contribution >= 4 is 11.0 Å². The summed E-state index contributed by atoms with van der Waals surface area (Å²) in [5.41, 5.74) is 0.849. The van der Waals surface area contributed by atoms with Crippen LogP contribution in [0.3, 0.4) is 0 Å². The first-order chi connectivity index (χ1) is 6.85. The molecule has 0 saturated carbocycles. The quantitative estimate of drug-likeness (QED) is 0.701. The number of rotatable bonds is 3. The first kappa shape index (κ1) is 9.24. The lowest BCUT2D eigenvalue weighted by Crippen LogP contribution is -2.01. The molecule has 3 nitrogen and oxygen atoms in total. The van der Waals surface area contributed by atoms with Crippen LogP contribution in [0.15, 0.2) is 34.7 Å². The maximum Gasteiger partial charge on any atom is 0.216 e. The van der Waals surface area contributed by atoms with Gasteiger partial charge in [-0.1, -0.05) is 18.2 Å². The number of hydrogen-bond acceptors (Lipinski definition) is 3. The highest BCUT2D eigenvalue weighted by atomic mass is 16.7. The van der Waals surface area contributed by atoms with Crippen molar-refractivity contribution in [2.24, 2.45) is 0 Å². The Labute approximate surface area is 82.2 Å². The van der Waals surface area contributed by atoms with Gasteiger partial charge in [0.05, 0.1) is 0 Å². The predicted molar refractivity (Wildman–Crippen MR) is 53.0 cm³/mol. The van der Waals surface area contributed by atoms with Gasteiger partial charge in [0.15, 0.2) is 5.76 Å². The molecular formula is C11H12O3. The molecule has 3 heteroatoms. The number of hydrogen-bond donors (Lipinski definition) is 0. The van der Waals surface area contributed by atoms with E-state index < -0.39 is 6.29 Å². The molecule has 0 N–H and O–H groups in total. The average molecular weight is 192 g/mol. The number of para-hydroxylation sites is 1. The van der Waals surface area contributed by atoms with Gasteiger partial charge >= 0.3 is 0 Å². The normalized spacial score (nSPS) is 11.4. The fourth-order valence-corrected chi connectivity index (χ4v) is 1.45. The van der Waals surface area contributed by atoms with Crippen molar-refractivity contribution in [3.05, 3.63) is 36.1 Å². The summed E-state index contributed by atoms with van der Waals surface area (Å²) in [6, 6.07) is 9.74. The van der Waals surface area contributed by atoms with E-state index in [4.69, 9.17) is 13.9 Å². The van der Waals surface area contributed by atoms with Gasteiger partial charge in [0, 0.05) is 19.6 Å². The highest BCUT2D eigenvalue weighted by Crippen LogP contribution is 2.25. The van der Waals surface area contributed by atoms with E-state index in [1.54, 1.807) is 14.2 Å². The summed E-state index contributed by atoms with van der Waals surface area (Å²) in [4.78, 5) is 0. The standard InChI is InChI=1S/C11H12O3/c1-12-11(13-2)10-7-8-5-3-4-6-9(8)14-10/h3-7,11H,1-2H3. The van der Waals surface area contributed by atoms with E-state index in [9.17, 15) is 0 Å². The maximum absolute atomic E-state index is 5.56. The van der Waals surface area contributed by atoms with Crippen LogP contribution in [-0.4, -0.2) is 14.2 Å². The number of methoxy groups -OCH3 is 2. The predicted octanol–water partition coefficient (Wildman–Crippen LogP) is 2.72. The van der Waals surface area contributed by atoms with Crippen LogP contribution in [0.2, 0.25) is 0 Å². The Morgan fingerprint density at radius 2 is 1.86 bits per heavy atom. The molecule has 1 aromatic heterocycles. The van der Waals surface area contributed by atoms with Crippen molar-refractivity contribution in [2.75, 3.05) is 14.2 Å². The summed E-state index contributed by atoms with van der Waals surface area (Å²) in [6.07, 6.45) is -0.428. The molecule has 0 unspecified atom stereocenters. The van der Waals surface area contributed by atoms with Gasteiger partial charge in [0.2, 0.25) is 6.29 Å². The topological polar surface area (TPSA) is 31.6 Å². The largest absolute Gasteiger partial charge is 0.456 e. The van der Waals surface area contributed by atoms with Crippen LogP contribution in [-0.2, 0) is 9.47 Å². The van der Waals surface area contributed by atoms with E-state index in [0.717, 1.165) is 11.0 Å². The van der Waals surface area contributed by atoms with E-state index in [1.807, 2.05) is 30.3 Å². The summed E-state index contributed by atoms with van der Waals surface area (Å²) in [6.45, 7) is 0. The summed E-state index contributed by atoms with van der Waals surface area (Å²) in [5, 5.41) is 1.06. The molecule has 14 heavy (non-hydrogen) atoms. The van der Waals surface area contributed by atoms with Crippen LogP contribution in [0.25, 0.3) is 11.0 Å². The van der Waals surface area contributed by atoms with E-state index in [-0.39, 0.29) is 0 Å². The lowest BCUT2D eigenvalue weighted by molar-refractivity contribution is -0.117. The van der Waals surface area contributed by atoms with Crippen molar-refractivity contribution in [1.29, 1.82) is 0 Å². The van der Waals surface area contributed by atoms with Gasteiger partial charge in [0.25, 0.3) is 0 Å². The fourth-order valence-electron chi connectivity index (χ4n) is 1.45. The molecule has 1 heterocycles. The van der Waals surface area contributed by atoms with Crippen molar-refractivity contribution in [3.8, 4) is 0 Å². The molecule has 0 radical (unpaired) electrons. The van der Waals surface area contributed by atoms with Gasteiger partial charge < -0.3 is 13.9 Å². The Kier molecular flexibility index (Phi) is 2.52. The SMILES string of the molecule is COC(OC)c1cc2ccccc2o1. The van der Waals surface area contributed by atoms with Crippen molar-refractivity contribution in [3.63, 3.8) is 0 Å². The number of fused-ring (bicyclic) bond motifs is 1. The molecule has 0 aliphatic carbocycles. The van der Waals surface area contributed by atoms with E-state index in [1.165, 1.54) is 0 Å². The minimum absolute atomic E-state index is 0.428. The second-order valence-corrected chi connectivity index (χ2v) is 2.99. The third-order valence-electron chi connectivity index (χ3n) is 2.11. The van der Waals surface area contributed by atoms with E-state index in [2.05, 4.69) is 0 Å². The highest BCUT2D eigenvalue weighted by molar-refractivity contribution is 5.77. The lowest BCUT2D eigenvalue weighted by Gasteiger charge is -2.08. The molecule has 0 saturated heterocycles. The van der Waals surface area contributed by atoms with Crippen molar-refractivity contribution < 1.29 is 13.9 Å². The zero-order valence-electron chi connectivity index (χ0n) is 8.19. The Bertz CT molecular complexity index is 382. The summed E-state index contributed by atoms with van der Waals surface area (Å²) in [5.74, 6) is 0.691. The number of ether oxygens (including phenoxy) is 2. The van der Waals surface area contributed by atoms with Gasteiger partial charge in [-0.3, -0.25) is 0 Å². The minimum atomic E-state index is -0.428. The summed E-state index contributed by atoms with van der Waals surface area (Å²) >= 11 is 0. The molecule has 0 aliphatic heterocycles. The molecule has 1 aromatic carbocycles. The molecule has 2 aromatic rings. The zero-order valence-corrected chi connectivity index (χ0v) is 8.19. The average Bonchev–Trinajstić information content (AvgIpc) is 2.63. The van der Waals surface area contributed by atoms with Crippen LogP contribution in [0, 0.1) is 0 Å². The van der Waals surface area contributed by atoms with Crippen LogP contribution >= 0.6 is 0 Å². The smallest absolute Gasteiger partial charge is 0.216 e. The van der Waals surface area contributed by atoms with Gasteiger partial charge in [-0.15, -0.1) is 0 Å². The van der Waals surface area contributed by atoms with Crippen LogP contribution in [0.5, 0.6) is 0 Å². The Morgan fingerprint density at radius 3 is 2.50 bits per heavy atom. The molecule has 74 valence electrons. The summed E-state index contributed by atoms with van der Waals surface area (Å²) in [7, 11) is 3.17. The molecule has 2 rings (SSSR count).